The summed E-state index contributed by atoms with van der Waals surface area (Å²) in [6.45, 7) is 0. The van der Waals surface area contributed by atoms with Gasteiger partial charge >= 0.3 is 0 Å². The number of rotatable bonds is 5. The fourth-order valence-electron chi connectivity index (χ4n) is 8.21. The summed E-state index contributed by atoms with van der Waals surface area (Å²) in [6.07, 6.45) is 0. The van der Waals surface area contributed by atoms with Gasteiger partial charge in [-0.1, -0.05) is 133 Å². The third kappa shape index (κ3) is 4.34. The summed E-state index contributed by atoms with van der Waals surface area (Å²) >= 11 is 6.84. The molecule has 1 aliphatic heterocycles. The molecule has 10 rings (SSSR count). The molecule has 0 amide bonds. The molecule has 0 radical (unpaired) electrons. The van der Waals surface area contributed by atoms with Gasteiger partial charge in [-0.2, -0.15) is 0 Å². The molecule has 0 unspecified atom stereocenters. The normalized spacial score (nSPS) is 13.1. The molecule has 9 aromatic rings. The fraction of sp³-hybridized carbons (Fsp3) is 0. The van der Waals surface area contributed by atoms with Gasteiger partial charge in [-0.05, 0) is 97.2 Å². The van der Waals surface area contributed by atoms with Gasteiger partial charge in [0.15, 0.2) is 8.07 Å². The summed E-state index contributed by atoms with van der Waals surface area (Å²) in [4.78, 5) is 2.36. The minimum absolute atomic E-state index is 0.762. The predicted octanol–water partition coefficient (Wildman–Crippen LogP) is 10.2. The molecule has 1 aromatic heterocycles. The first-order valence-corrected chi connectivity index (χ1v) is 19.3. The molecule has 0 bridgehead atoms. The largest absolute Gasteiger partial charge is 0.456 e. The lowest BCUT2D eigenvalue weighted by Gasteiger charge is -2.32. The van der Waals surface area contributed by atoms with Crippen LogP contribution in [-0.2, 0) is 0 Å². The van der Waals surface area contributed by atoms with Crippen molar-refractivity contribution in [2.24, 2.45) is 0 Å². The molecule has 50 heavy (non-hydrogen) atoms. The molecule has 0 atom stereocenters. The van der Waals surface area contributed by atoms with Crippen molar-refractivity contribution in [3.63, 3.8) is 0 Å². The van der Waals surface area contributed by atoms with Gasteiger partial charge in [0, 0.05) is 38.9 Å². The number of furan rings is 1. The molecule has 0 fully saturated rings. The fourth-order valence-corrected chi connectivity index (χ4v) is 13.7. The van der Waals surface area contributed by atoms with E-state index in [2.05, 4.69) is 169 Å². The Balaban J connectivity index is 1.24. The van der Waals surface area contributed by atoms with Gasteiger partial charge in [-0.15, -0.1) is 0 Å². The zero-order valence-electron chi connectivity index (χ0n) is 27.1. The monoisotopic (exact) mass is 675 g/mol. The van der Waals surface area contributed by atoms with Crippen molar-refractivity contribution in [2.45, 2.75) is 0 Å². The van der Waals surface area contributed by atoms with E-state index in [-0.39, 0.29) is 0 Å². The zero-order valence-corrected chi connectivity index (χ0v) is 28.8. The maximum atomic E-state index is 6.84. The summed E-state index contributed by atoms with van der Waals surface area (Å²) in [6, 6.07) is 65.8. The number of fused-ring (bicyclic) bond motifs is 7. The highest BCUT2D eigenvalue weighted by molar-refractivity contribution is 7.22. The molecule has 8 aromatic carbocycles. The summed E-state index contributed by atoms with van der Waals surface area (Å²) < 4.78 is 6.41. The third-order valence-corrected chi connectivity index (χ3v) is 15.5. The Kier molecular flexibility index (Phi) is 6.60. The lowest BCUT2D eigenvalue weighted by molar-refractivity contribution is 0.669. The van der Waals surface area contributed by atoms with Gasteiger partial charge in [0.1, 0.15) is 11.2 Å². The Hall–Kier alpha value is -5.87. The maximum Gasteiger partial charge on any atom is 0.180 e. The van der Waals surface area contributed by atoms with Crippen molar-refractivity contribution in [3.05, 3.63) is 187 Å². The second-order valence-electron chi connectivity index (χ2n) is 13.0. The summed E-state index contributed by atoms with van der Waals surface area (Å²) in [5.41, 5.74) is 7.48. The molecule has 0 spiro atoms. The SMILES string of the molecule is Clc1ccc2c(c1)[Si](c1ccccc1)(c1ccccc1)c1ccc(N(c3ccc4ccccc4c3)c3ccc4c(c3)oc3ccccc34)cc1-2. The summed E-state index contributed by atoms with van der Waals surface area (Å²) in [5, 5.41) is 10.8. The van der Waals surface area contributed by atoms with Crippen LogP contribution in [0.2, 0.25) is 5.02 Å². The van der Waals surface area contributed by atoms with E-state index < -0.39 is 8.07 Å². The van der Waals surface area contributed by atoms with Gasteiger partial charge < -0.3 is 9.32 Å². The van der Waals surface area contributed by atoms with Crippen LogP contribution in [-0.4, -0.2) is 8.07 Å². The highest BCUT2D eigenvalue weighted by Crippen LogP contribution is 2.41. The third-order valence-electron chi connectivity index (χ3n) is 10.4. The Morgan fingerprint density at radius 2 is 1.04 bits per heavy atom. The number of anilines is 3. The van der Waals surface area contributed by atoms with Crippen LogP contribution in [0.1, 0.15) is 0 Å². The van der Waals surface area contributed by atoms with Gasteiger partial charge in [0.2, 0.25) is 0 Å². The summed E-state index contributed by atoms with van der Waals surface area (Å²) in [5.74, 6) is 0. The lowest BCUT2D eigenvalue weighted by Crippen LogP contribution is -2.72. The van der Waals surface area contributed by atoms with E-state index in [9.17, 15) is 0 Å². The van der Waals surface area contributed by atoms with E-state index >= 15 is 0 Å². The molecule has 0 saturated heterocycles. The predicted molar refractivity (Wildman–Crippen MR) is 214 cm³/mol. The van der Waals surface area contributed by atoms with Crippen LogP contribution in [0.15, 0.2) is 186 Å². The molecular weight excluding hydrogens is 646 g/mol. The maximum absolute atomic E-state index is 6.84. The molecule has 0 aliphatic carbocycles. The quantitative estimate of drug-likeness (QED) is 0.169. The van der Waals surface area contributed by atoms with E-state index in [1.54, 1.807) is 0 Å². The van der Waals surface area contributed by atoms with Crippen molar-refractivity contribution in [1.29, 1.82) is 0 Å². The minimum Gasteiger partial charge on any atom is -0.456 e. The molecule has 1 aliphatic rings. The van der Waals surface area contributed by atoms with Crippen LogP contribution in [0, 0.1) is 0 Å². The Labute approximate surface area is 296 Å². The van der Waals surface area contributed by atoms with Crippen LogP contribution in [0.4, 0.5) is 17.1 Å². The van der Waals surface area contributed by atoms with Crippen molar-refractivity contribution < 1.29 is 4.42 Å². The number of hydrogen-bond acceptors (Lipinski definition) is 2. The van der Waals surface area contributed by atoms with Gasteiger partial charge in [-0.3, -0.25) is 0 Å². The van der Waals surface area contributed by atoms with Crippen LogP contribution >= 0.6 is 11.6 Å². The van der Waals surface area contributed by atoms with Crippen molar-refractivity contribution in [3.8, 4) is 11.1 Å². The van der Waals surface area contributed by atoms with Crippen molar-refractivity contribution >= 4 is 90.2 Å². The molecule has 4 heteroatoms. The first kappa shape index (κ1) is 29.1. The van der Waals surface area contributed by atoms with E-state index in [1.165, 1.54) is 42.6 Å². The number of benzene rings is 8. The number of para-hydroxylation sites is 1. The minimum atomic E-state index is -2.68. The average molecular weight is 676 g/mol. The summed E-state index contributed by atoms with van der Waals surface area (Å²) in [7, 11) is -2.68. The van der Waals surface area contributed by atoms with Crippen LogP contribution < -0.4 is 25.6 Å². The van der Waals surface area contributed by atoms with E-state index in [0.717, 1.165) is 44.0 Å². The second kappa shape index (κ2) is 11.3. The topological polar surface area (TPSA) is 16.4 Å². The zero-order chi connectivity index (χ0) is 33.2. The number of halogens is 1. The van der Waals surface area contributed by atoms with E-state index in [4.69, 9.17) is 16.0 Å². The number of hydrogen-bond donors (Lipinski definition) is 0. The first-order valence-electron chi connectivity index (χ1n) is 16.9. The van der Waals surface area contributed by atoms with Crippen molar-refractivity contribution in [2.75, 3.05) is 4.90 Å². The second-order valence-corrected chi connectivity index (χ2v) is 17.2. The number of nitrogens with zero attached hydrogens (tertiary/aromatic N) is 1. The van der Waals surface area contributed by atoms with Crippen LogP contribution in [0.5, 0.6) is 0 Å². The first-order chi connectivity index (χ1) is 24.7. The average Bonchev–Trinajstić information content (AvgIpc) is 3.68. The smallest absolute Gasteiger partial charge is 0.180 e. The Morgan fingerprint density at radius 1 is 0.420 bits per heavy atom. The molecule has 2 nitrogen and oxygen atoms in total. The van der Waals surface area contributed by atoms with Gasteiger partial charge in [0.25, 0.3) is 0 Å². The van der Waals surface area contributed by atoms with E-state index in [1.807, 2.05) is 18.2 Å². The van der Waals surface area contributed by atoms with Crippen LogP contribution in [0.25, 0.3) is 43.8 Å². The van der Waals surface area contributed by atoms with Crippen molar-refractivity contribution in [1.82, 2.24) is 0 Å². The van der Waals surface area contributed by atoms with E-state index in [0.29, 0.717) is 0 Å². The molecule has 0 N–H and O–H groups in total. The molecule has 0 saturated carbocycles. The van der Waals surface area contributed by atoms with Gasteiger partial charge in [0.05, 0.1) is 0 Å². The Bertz CT molecular complexity index is 2700. The highest BCUT2D eigenvalue weighted by atomic mass is 35.5. The van der Waals surface area contributed by atoms with Crippen LogP contribution in [0.3, 0.4) is 0 Å². The highest BCUT2D eigenvalue weighted by Gasteiger charge is 2.48. The lowest BCUT2D eigenvalue weighted by atomic mass is 10.0. The molecule has 236 valence electrons. The van der Waals surface area contributed by atoms with Gasteiger partial charge in [-0.25, -0.2) is 0 Å². The molecule has 2 heterocycles. The molecular formula is C46H30ClNOSi. The Morgan fingerprint density at radius 3 is 1.84 bits per heavy atom. The standard InChI is InChI=1S/C46H30ClNOSi/c47-33-20-24-41-42-29-35(23-26-45(42)50(46(41)28-33,37-13-3-1-4-14-37)38-15-5-2-6-16-38)48(34-21-19-31-11-7-8-12-32(31)27-34)36-22-25-40-39-17-9-10-18-43(39)49-44(40)30-36/h1-30H.